The van der Waals surface area contributed by atoms with Crippen molar-refractivity contribution in [2.45, 2.75) is 6.42 Å². The van der Waals surface area contributed by atoms with E-state index in [0.29, 0.717) is 0 Å². The lowest BCUT2D eigenvalue weighted by Crippen LogP contribution is -2.05. The summed E-state index contributed by atoms with van der Waals surface area (Å²) in [5.74, 6) is 0. The van der Waals surface area contributed by atoms with Crippen LogP contribution in [0.3, 0.4) is 0 Å². The van der Waals surface area contributed by atoms with E-state index in [1.165, 1.54) is 5.56 Å². The maximum Gasteiger partial charge on any atom is 0.143 e. The van der Waals surface area contributed by atoms with E-state index in [1.807, 2.05) is 30.3 Å². The molecule has 0 aliphatic carbocycles. The van der Waals surface area contributed by atoms with Gasteiger partial charge in [-0.1, -0.05) is 30.3 Å². The summed E-state index contributed by atoms with van der Waals surface area (Å²) in [6.45, 7) is 0.911. The van der Waals surface area contributed by atoms with Gasteiger partial charge in [-0.25, -0.2) is 4.68 Å². The van der Waals surface area contributed by atoms with E-state index in [-0.39, 0.29) is 0 Å². The highest BCUT2D eigenvalue weighted by atomic mass is 15.5. The van der Waals surface area contributed by atoms with E-state index in [0.717, 1.165) is 24.3 Å². The van der Waals surface area contributed by atoms with Crippen LogP contribution >= 0.6 is 0 Å². The third-order valence-corrected chi connectivity index (χ3v) is 3.07. The first-order valence-electron chi connectivity index (χ1n) is 6.53. The highest BCUT2D eigenvalue weighted by Gasteiger charge is 1.98. The lowest BCUT2D eigenvalue weighted by atomic mass is 10.1. The van der Waals surface area contributed by atoms with Gasteiger partial charge in [0.15, 0.2) is 0 Å². The number of nitrogens with one attached hydrogen (secondary N) is 1. The maximum atomic E-state index is 3.85. The van der Waals surface area contributed by atoms with E-state index in [9.17, 15) is 0 Å². The Bertz CT molecular complexity index is 632. The number of anilines is 1. The van der Waals surface area contributed by atoms with Gasteiger partial charge in [0, 0.05) is 12.2 Å². The number of nitrogens with zero attached hydrogens (tertiary/aromatic N) is 4. The Balaban J connectivity index is 1.56. The van der Waals surface area contributed by atoms with Gasteiger partial charge in [-0.15, -0.1) is 5.10 Å². The molecule has 1 heterocycles. The minimum atomic E-state index is 0.911. The first-order chi connectivity index (χ1) is 9.92. The maximum absolute atomic E-state index is 3.85. The summed E-state index contributed by atoms with van der Waals surface area (Å²) in [5, 5.41) is 14.5. The first kappa shape index (κ1) is 12.3. The molecule has 2 aromatic carbocycles. The molecule has 3 aromatic rings. The molecule has 0 aliphatic rings. The van der Waals surface area contributed by atoms with Crippen LogP contribution in [0.5, 0.6) is 0 Å². The number of hydrogen-bond donors (Lipinski definition) is 1. The van der Waals surface area contributed by atoms with Crippen LogP contribution in [0, 0.1) is 0 Å². The molecule has 0 unspecified atom stereocenters. The Kier molecular flexibility index (Phi) is 3.68. The van der Waals surface area contributed by atoms with Crippen molar-refractivity contribution >= 4 is 5.69 Å². The molecule has 0 fully saturated rings. The molecule has 5 heteroatoms. The standard InChI is InChI=1S/C15H15N5/c1-2-4-13(5-3-1)10-11-16-14-6-8-15(9-7-14)20-12-17-18-19-20/h1-9,12,16H,10-11H2. The Hall–Kier alpha value is -2.69. The molecule has 0 bridgehead atoms. The third-order valence-electron chi connectivity index (χ3n) is 3.07. The Morgan fingerprint density at radius 1 is 0.950 bits per heavy atom. The molecular formula is C15H15N5. The zero-order valence-corrected chi connectivity index (χ0v) is 11.0. The van der Waals surface area contributed by atoms with E-state index in [1.54, 1.807) is 11.0 Å². The second kappa shape index (κ2) is 5.97. The fourth-order valence-corrected chi connectivity index (χ4v) is 2.01. The number of aromatic nitrogens is 4. The van der Waals surface area contributed by atoms with Gasteiger partial charge < -0.3 is 5.32 Å². The zero-order chi connectivity index (χ0) is 13.6. The SMILES string of the molecule is c1ccc(CCNc2ccc(-n3cnnn3)cc2)cc1. The van der Waals surface area contributed by atoms with Crippen LogP contribution in [-0.2, 0) is 6.42 Å². The predicted molar refractivity (Wildman–Crippen MR) is 77.8 cm³/mol. The number of rotatable bonds is 5. The average molecular weight is 265 g/mol. The summed E-state index contributed by atoms with van der Waals surface area (Å²) >= 11 is 0. The van der Waals surface area contributed by atoms with Crippen LogP contribution in [0.25, 0.3) is 5.69 Å². The molecule has 3 rings (SSSR count). The van der Waals surface area contributed by atoms with Crippen LogP contribution in [0.2, 0.25) is 0 Å². The molecule has 0 aliphatic heterocycles. The second-order valence-electron chi connectivity index (χ2n) is 4.46. The van der Waals surface area contributed by atoms with Crippen molar-refractivity contribution in [1.29, 1.82) is 0 Å². The second-order valence-corrected chi connectivity index (χ2v) is 4.46. The Morgan fingerprint density at radius 3 is 2.45 bits per heavy atom. The molecule has 1 N–H and O–H groups in total. The van der Waals surface area contributed by atoms with Crippen molar-refractivity contribution in [3.05, 3.63) is 66.5 Å². The van der Waals surface area contributed by atoms with Gasteiger partial charge in [0.2, 0.25) is 0 Å². The van der Waals surface area contributed by atoms with Gasteiger partial charge in [0.25, 0.3) is 0 Å². The van der Waals surface area contributed by atoms with Gasteiger partial charge in [-0.05, 0) is 46.7 Å². The molecule has 0 amide bonds. The fraction of sp³-hybridized carbons (Fsp3) is 0.133. The highest BCUT2D eigenvalue weighted by molar-refractivity contribution is 5.48. The van der Waals surface area contributed by atoms with Gasteiger partial charge in [0.1, 0.15) is 6.33 Å². The monoisotopic (exact) mass is 265 g/mol. The predicted octanol–water partition coefficient (Wildman–Crippen LogP) is 2.32. The number of hydrogen-bond acceptors (Lipinski definition) is 4. The molecule has 0 saturated heterocycles. The summed E-state index contributed by atoms with van der Waals surface area (Å²) in [6.07, 6.45) is 2.59. The molecule has 1 aromatic heterocycles. The average Bonchev–Trinajstić information content (AvgIpc) is 3.03. The van der Waals surface area contributed by atoms with Gasteiger partial charge in [0.05, 0.1) is 5.69 Å². The molecule has 100 valence electrons. The molecule has 0 radical (unpaired) electrons. The Labute approximate surface area is 117 Å². The lowest BCUT2D eigenvalue weighted by molar-refractivity contribution is 0.789. The third kappa shape index (κ3) is 3.00. The number of benzene rings is 2. The zero-order valence-electron chi connectivity index (χ0n) is 11.0. The van der Waals surface area contributed by atoms with Crippen molar-refractivity contribution in [3.63, 3.8) is 0 Å². The molecule has 0 spiro atoms. The van der Waals surface area contributed by atoms with E-state index in [2.05, 4.69) is 45.1 Å². The van der Waals surface area contributed by atoms with Gasteiger partial charge in [-0.2, -0.15) is 0 Å². The molecule has 20 heavy (non-hydrogen) atoms. The van der Waals surface area contributed by atoms with Gasteiger partial charge >= 0.3 is 0 Å². The quantitative estimate of drug-likeness (QED) is 0.769. The topological polar surface area (TPSA) is 55.6 Å². The number of tetrazole rings is 1. The molecular weight excluding hydrogens is 250 g/mol. The van der Waals surface area contributed by atoms with Crippen LogP contribution < -0.4 is 5.32 Å². The van der Waals surface area contributed by atoms with Crippen molar-refractivity contribution in [1.82, 2.24) is 20.2 Å². The minimum Gasteiger partial charge on any atom is -0.385 e. The van der Waals surface area contributed by atoms with Crippen LogP contribution in [-0.4, -0.2) is 26.8 Å². The van der Waals surface area contributed by atoms with E-state index < -0.39 is 0 Å². The van der Waals surface area contributed by atoms with Crippen molar-refractivity contribution in [2.75, 3.05) is 11.9 Å². The fourth-order valence-electron chi connectivity index (χ4n) is 2.01. The first-order valence-corrected chi connectivity index (χ1v) is 6.53. The van der Waals surface area contributed by atoms with Gasteiger partial charge in [-0.3, -0.25) is 0 Å². The van der Waals surface area contributed by atoms with E-state index in [4.69, 9.17) is 0 Å². The Morgan fingerprint density at radius 2 is 1.75 bits per heavy atom. The normalized spacial score (nSPS) is 10.4. The minimum absolute atomic E-state index is 0.911. The van der Waals surface area contributed by atoms with Crippen molar-refractivity contribution in [3.8, 4) is 5.69 Å². The summed E-state index contributed by atoms with van der Waals surface area (Å²) < 4.78 is 1.63. The lowest BCUT2D eigenvalue weighted by Gasteiger charge is -2.07. The van der Waals surface area contributed by atoms with Crippen LogP contribution in [0.4, 0.5) is 5.69 Å². The summed E-state index contributed by atoms with van der Waals surface area (Å²) in [6, 6.07) is 18.5. The largest absolute Gasteiger partial charge is 0.385 e. The summed E-state index contributed by atoms with van der Waals surface area (Å²) in [7, 11) is 0. The van der Waals surface area contributed by atoms with Crippen LogP contribution in [0.1, 0.15) is 5.56 Å². The van der Waals surface area contributed by atoms with Crippen molar-refractivity contribution in [2.24, 2.45) is 0 Å². The molecule has 0 atom stereocenters. The summed E-state index contributed by atoms with van der Waals surface area (Å²) in [5.41, 5.74) is 3.38. The smallest absolute Gasteiger partial charge is 0.143 e. The molecule has 5 nitrogen and oxygen atoms in total. The summed E-state index contributed by atoms with van der Waals surface area (Å²) in [4.78, 5) is 0. The van der Waals surface area contributed by atoms with Crippen molar-refractivity contribution < 1.29 is 0 Å². The molecule has 0 saturated carbocycles. The highest BCUT2D eigenvalue weighted by Crippen LogP contribution is 2.12. The van der Waals surface area contributed by atoms with E-state index >= 15 is 0 Å². The van der Waals surface area contributed by atoms with Crippen LogP contribution in [0.15, 0.2) is 60.9 Å².